The summed E-state index contributed by atoms with van der Waals surface area (Å²) in [4.78, 5) is 5.47. The van der Waals surface area contributed by atoms with Crippen LogP contribution in [0.4, 0.5) is 0 Å². The van der Waals surface area contributed by atoms with Crippen molar-refractivity contribution in [2.24, 2.45) is 0 Å². The highest BCUT2D eigenvalue weighted by atomic mass is 15.1. The standard InChI is InChI=1S/C45H29N5.2C2H6/c1-3-12-32(13-4-1)47-28-26-30-22-24-38-42(44(30)47)34-16-7-9-18-36(34)49(38)40-20-11-21-41(46-40)50-37-19-10-8-17-35(37)43-39(50)25-23-31-27-29-48(45(31)43)33-14-5-2-6-15-33;2*1-2/h1-29H;2*1-2H3. The van der Waals surface area contributed by atoms with E-state index >= 15 is 0 Å². The second-order valence-electron chi connectivity index (χ2n) is 12.9. The smallest absolute Gasteiger partial charge is 0.140 e. The van der Waals surface area contributed by atoms with Crippen LogP contribution in [0.3, 0.4) is 0 Å². The molecule has 0 N–H and O–H groups in total. The number of rotatable bonds is 4. The summed E-state index contributed by atoms with van der Waals surface area (Å²) in [5, 5.41) is 7.28. The molecular weight excluding hydrogens is 659 g/mol. The van der Waals surface area contributed by atoms with Gasteiger partial charge in [-0.25, -0.2) is 4.98 Å². The summed E-state index contributed by atoms with van der Waals surface area (Å²) in [6.07, 6.45) is 4.36. The van der Waals surface area contributed by atoms with Gasteiger partial charge in [0.25, 0.3) is 0 Å². The molecule has 0 amide bonds. The molecule has 0 bridgehead atoms. The van der Waals surface area contributed by atoms with Crippen LogP contribution < -0.4 is 0 Å². The monoisotopic (exact) mass is 699 g/mol. The van der Waals surface area contributed by atoms with E-state index in [-0.39, 0.29) is 0 Å². The van der Waals surface area contributed by atoms with Gasteiger partial charge in [0.15, 0.2) is 0 Å². The summed E-state index contributed by atoms with van der Waals surface area (Å²) in [7, 11) is 0. The summed E-state index contributed by atoms with van der Waals surface area (Å²) in [5.41, 5.74) is 9.21. The maximum absolute atomic E-state index is 5.47. The van der Waals surface area contributed by atoms with E-state index in [1.54, 1.807) is 0 Å². The van der Waals surface area contributed by atoms with Gasteiger partial charge in [-0.3, -0.25) is 9.13 Å². The largest absolute Gasteiger partial charge is 0.316 e. The van der Waals surface area contributed by atoms with Gasteiger partial charge >= 0.3 is 0 Å². The Morgan fingerprint density at radius 2 is 0.759 bits per heavy atom. The first kappa shape index (κ1) is 33.0. The first-order valence-electron chi connectivity index (χ1n) is 19.0. The van der Waals surface area contributed by atoms with E-state index < -0.39 is 0 Å². The average molecular weight is 700 g/mol. The Hall–Kier alpha value is -6.85. The number of nitrogens with zero attached hydrogens (tertiary/aromatic N) is 5. The molecule has 0 saturated carbocycles. The number of pyridine rings is 1. The van der Waals surface area contributed by atoms with Gasteiger partial charge in [-0.1, -0.05) is 119 Å². The van der Waals surface area contributed by atoms with Crippen LogP contribution >= 0.6 is 0 Å². The minimum Gasteiger partial charge on any atom is -0.316 e. The lowest BCUT2D eigenvalue weighted by Crippen LogP contribution is -2.03. The fourth-order valence-corrected chi connectivity index (χ4v) is 8.13. The van der Waals surface area contributed by atoms with Crippen LogP contribution in [-0.4, -0.2) is 23.3 Å². The van der Waals surface area contributed by atoms with Crippen LogP contribution in [0.25, 0.3) is 88.4 Å². The molecule has 0 aliphatic heterocycles. The highest BCUT2D eigenvalue weighted by molar-refractivity contribution is 6.22. The number of hydrogen-bond donors (Lipinski definition) is 0. The molecule has 5 nitrogen and oxygen atoms in total. The Morgan fingerprint density at radius 3 is 1.20 bits per heavy atom. The molecule has 0 saturated heterocycles. The van der Waals surface area contributed by atoms with E-state index in [1.807, 2.05) is 27.7 Å². The normalized spacial score (nSPS) is 11.3. The molecule has 0 unspecified atom stereocenters. The molecule has 0 atom stereocenters. The molecule has 5 heterocycles. The maximum atomic E-state index is 5.47. The van der Waals surface area contributed by atoms with Gasteiger partial charge in [-0.05, 0) is 72.8 Å². The number of para-hydroxylation sites is 4. The van der Waals surface area contributed by atoms with Crippen LogP contribution in [0.15, 0.2) is 176 Å². The first-order valence-corrected chi connectivity index (χ1v) is 19.0. The van der Waals surface area contributed by atoms with Crippen molar-refractivity contribution in [1.82, 2.24) is 23.3 Å². The zero-order valence-corrected chi connectivity index (χ0v) is 31.0. The topological polar surface area (TPSA) is 32.6 Å². The van der Waals surface area contributed by atoms with Crippen molar-refractivity contribution in [2.75, 3.05) is 0 Å². The van der Waals surface area contributed by atoms with Crippen molar-refractivity contribution in [3.05, 3.63) is 176 Å². The van der Waals surface area contributed by atoms with Gasteiger partial charge in [-0.2, -0.15) is 0 Å². The van der Waals surface area contributed by atoms with E-state index in [0.717, 1.165) is 45.1 Å². The van der Waals surface area contributed by atoms with Gasteiger partial charge in [-0.15, -0.1) is 0 Å². The Labute approximate surface area is 314 Å². The van der Waals surface area contributed by atoms with Crippen LogP contribution in [0.2, 0.25) is 0 Å². The summed E-state index contributed by atoms with van der Waals surface area (Å²) in [5.74, 6) is 1.76. The van der Waals surface area contributed by atoms with Crippen molar-refractivity contribution in [2.45, 2.75) is 27.7 Å². The fourth-order valence-electron chi connectivity index (χ4n) is 8.13. The molecule has 54 heavy (non-hydrogen) atoms. The predicted octanol–water partition coefficient (Wildman–Crippen LogP) is 13.2. The quantitative estimate of drug-likeness (QED) is 0.180. The van der Waals surface area contributed by atoms with Crippen molar-refractivity contribution < 1.29 is 0 Å². The highest BCUT2D eigenvalue weighted by Crippen LogP contribution is 2.40. The summed E-state index contributed by atoms with van der Waals surface area (Å²) in [6.45, 7) is 8.00. The molecule has 11 aromatic rings. The van der Waals surface area contributed by atoms with E-state index in [1.165, 1.54) is 43.4 Å². The third kappa shape index (κ3) is 4.96. The van der Waals surface area contributed by atoms with Gasteiger partial charge in [0, 0.05) is 56.1 Å². The third-order valence-corrected chi connectivity index (χ3v) is 10.2. The number of fused-ring (bicyclic) bond motifs is 10. The molecule has 262 valence electrons. The molecule has 5 aromatic heterocycles. The van der Waals surface area contributed by atoms with E-state index in [9.17, 15) is 0 Å². The molecule has 0 aliphatic rings. The molecule has 6 aromatic carbocycles. The first-order chi connectivity index (χ1) is 26.8. The number of benzene rings is 6. The molecule has 0 aliphatic carbocycles. The predicted molar refractivity (Wildman–Crippen MR) is 229 cm³/mol. The van der Waals surface area contributed by atoms with Crippen LogP contribution in [-0.2, 0) is 0 Å². The van der Waals surface area contributed by atoms with E-state index in [0.29, 0.717) is 0 Å². The Bertz CT molecular complexity index is 2880. The van der Waals surface area contributed by atoms with E-state index in [2.05, 4.69) is 194 Å². The second kappa shape index (κ2) is 13.6. The van der Waals surface area contributed by atoms with Gasteiger partial charge in [0.05, 0.1) is 33.1 Å². The molecule has 11 rings (SSSR count). The Kier molecular flexibility index (Phi) is 8.32. The Morgan fingerprint density at radius 1 is 0.352 bits per heavy atom. The summed E-state index contributed by atoms with van der Waals surface area (Å²) >= 11 is 0. The number of aromatic nitrogens is 5. The molecule has 0 radical (unpaired) electrons. The van der Waals surface area contributed by atoms with E-state index in [4.69, 9.17) is 4.98 Å². The van der Waals surface area contributed by atoms with Gasteiger partial charge < -0.3 is 9.13 Å². The lowest BCUT2D eigenvalue weighted by molar-refractivity contribution is 1.01. The Balaban J connectivity index is 0.000000932. The van der Waals surface area contributed by atoms with Crippen molar-refractivity contribution in [3.8, 4) is 23.0 Å². The van der Waals surface area contributed by atoms with Gasteiger partial charge in [0.1, 0.15) is 11.6 Å². The van der Waals surface area contributed by atoms with Crippen LogP contribution in [0, 0.1) is 0 Å². The summed E-state index contributed by atoms with van der Waals surface area (Å²) in [6, 6.07) is 58.3. The number of hydrogen-bond acceptors (Lipinski definition) is 1. The molecule has 5 heteroatoms. The van der Waals surface area contributed by atoms with Crippen molar-refractivity contribution in [1.29, 1.82) is 0 Å². The maximum Gasteiger partial charge on any atom is 0.140 e. The van der Waals surface area contributed by atoms with Crippen LogP contribution in [0.1, 0.15) is 27.7 Å². The zero-order chi connectivity index (χ0) is 36.8. The highest BCUT2D eigenvalue weighted by Gasteiger charge is 2.21. The zero-order valence-electron chi connectivity index (χ0n) is 31.0. The fraction of sp³-hybridized carbons (Fsp3) is 0.0816. The van der Waals surface area contributed by atoms with Crippen molar-refractivity contribution >= 4 is 65.4 Å². The van der Waals surface area contributed by atoms with Gasteiger partial charge in [0.2, 0.25) is 0 Å². The molecule has 0 spiro atoms. The lowest BCUT2D eigenvalue weighted by atomic mass is 10.1. The molecular formula is C49H41N5. The summed E-state index contributed by atoms with van der Waals surface area (Å²) < 4.78 is 9.26. The average Bonchev–Trinajstić information content (AvgIpc) is 4.03. The molecule has 0 fully saturated rings. The third-order valence-electron chi connectivity index (χ3n) is 10.2. The minimum atomic E-state index is 0.880. The van der Waals surface area contributed by atoms with Crippen molar-refractivity contribution in [3.63, 3.8) is 0 Å². The second-order valence-corrected chi connectivity index (χ2v) is 12.9. The SMILES string of the molecule is CC.CC.c1ccc(-n2ccc3ccc4c(c5ccccc5n4-c4cccc(-n5c6ccccc6c6c7c(ccc65)ccn7-c5ccccc5)n4)c32)cc1. The lowest BCUT2D eigenvalue weighted by Gasteiger charge is -2.12. The van der Waals surface area contributed by atoms with Crippen LogP contribution in [0.5, 0.6) is 0 Å². The minimum absolute atomic E-state index is 0.880.